The van der Waals surface area contributed by atoms with Crippen molar-refractivity contribution in [3.05, 3.63) is 86.7 Å². The average molecular weight is 515 g/mol. The quantitative estimate of drug-likeness (QED) is 0.329. The second-order valence-electron chi connectivity index (χ2n) is 6.74. The zero-order chi connectivity index (χ0) is 21.1. The lowest BCUT2D eigenvalue weighted by atomic mass is 10.0. The molecule has 152 valence electrons. The van der Waals surface area contributed by atoms with Gasteiger partial charge in [-0.1, -0.05) is 30.3 Å². The van der Waals surface area contributed by atoms with Crippen molar-refractivity contribution < 1.29 is 18.7 Å². The zero-order valence-corrected chi connectivity index (χ0v) is 18.4. The summed E-state index contributed by atoms with van der Waals surface area (Å²) in [4.78, 5) is 12.4. The Balaban J connectivity index is 1.65. The normalized spacial score (nSPS) is 13.8. The van der Waals surface area contributed by atoms with Crippen molar-refractivity contribution in [2.24, 2.45) is 0 Å². The Kier molecular flexibility index (Phi) is 6.03. The standard InChI is InChI=1S/C24H19FINO3/c1-2-29-22-13-16(11-19-18-5-3-4-6-21(18)27-24(19)28)12-20(26)23(22)30-14-15-7-9-17(25)10-8-15/h3-13H,2,14H2,1H3,(H,27,28)/b19-11-. The van der Waals surface area contributed by atoms with Gasteiger partial charge < -0.3 is 14.8 Å². The summed E-state index contributed by atoms with van der Waals surface area (Å²) in [5, 5.41) is 2.88. The third kappa shape index (κ3) is 4.33. The number of rotatable bonds is 6. The van der Waals surface area contributed by atoms with Gasteiger partial charge in [0.25, 0.3) is 5.91 Å². The first-order valence-electron chi connectivity index (χ1n) is 9.51. The van der Waals surface area contributed by atoms with E-state index >= 15 is 0 Å². The van der Waals surface area contributed by atoms with E-state index in [0.717, 1.165) is 25.9 Å². The fourth-order valence-electron chi connectivity index (χ4n) is 3.26. The number of hydrogen-bond acceptors (Lipinski definition) is 3. The Morgan fingerprint density at radius 1 is 1.07 bits per heavy atom. The van der Waals surface area contributed by atoms with E-state index in [0.29, 0.717) is 30.3 Å². The molecule has 3 aromatic rings. The van der Waals surface area contributed by atoms with E-state index in [1.165, 1.54) is 12.1 Å². The van der Waals surface area contributed by atoms with Crippen LogP contribution in [-0.2, 0) is 11.4 Å². The number of hydrogen-bond donors (Lipinski definition) is 1. The van der Waals surface area contributed by atoms with Crippen LogP contribution in [0.4, 0.5) is 10.1 Å². The number of benzene rings is 3. The topological polar surface area (TPSA) is 47.6 Å². The second kappa shape index (κ2) is 8.87. The fourth-order valence-corrected chi connectivity index (χ4v) is 4.04. The minimum Gasteiger partial charge on any atom is -0.490 e. The van der Waals surface area contributed by atoms with Gasteiger partial charge in [0.2, 0.25) is 0 Å². The Labute approximate surface area is 187 Å². The van der Waals surface area contributed by atoms with Crippen LogP contribution in [0.15, 0.2) is 60.7 Å². The first kappa shape index (κ1) is 20.4. The lowest BCUT2D eigenvalue weighted by molar-refractivity contribution is -0.110. The maximum atomic E-state index is 13.1. The molecule has 1 aliphatic heterocycles. The highest BCUT2D eigenvalue weighted by Gasteiger charge is 2.23. The maximum Gasteiger partial charge on any atom is 0.256 e. The van der Waals surface area contributed by atoms with E-state index in [1.54, 1.807) is 12.1 Å². The van der Waals surface area contributed by atoms with Gasteiger partial charge in [0.05, 0.1) is 10.2 Å². The molecule has 1 aliphatic rings. The lowest BCUT2D eigenvalue weighted by Crippen LogP contribution is -2.04. The van der Waals surface area contributed by atoms with Crippen LogP contribution in [0.25, 0.3) is 11.6 Å². The summed E-state index contributed by atoms with van der Waals surface area (Å²) < 4.78 is 25.8. The molecule has 0 atom stereocenters. The van der Waals surface area contributed by atoms with Crippen LogP contribution in [0.1, 0.15) is 23.6 Å². The molecular formula is C24H19FINO3. The highest BCUT2D eigenvalue weighted by Crippen LogP contribution is 2.38. The van der Waals surface area contributed by atoms with Crippen LogP contribution in [0.2, 0.25) is 0 Å². The predicted molar refractivity (Wildman–Crippen MR) is 124 cm³/mol. The van der Waals surface area contributed by atoms with Gasteiger partial charge in [-0.15, -0.1) is 0 Å². The van der Waals surface area contributed by atoms with Gasteiger partial charge >= 0.3 is 0 Å². The molecule has 0 aromatic heterocycles. The van der Waals surface area contributed by atoms with Crippen LogP contribution in [0, 0.1) is 9.39 Å². The van der Waals surface area contributed by atoms with E-state index < -0.39 is 0 Å². The molecule has 1 amide bonds. The summed E-state index contributed by atoms with van der Waals surface area (Å²) in [7, 11) is 0. The minimum atomic E-state index is -0.279. The van der Waals surface area contributed by atoms with E-state index in [4.69, 9.17) is 9.47 Å². The number of ether oxygens (including phenoxy) is 2. The number of amides is 1. The van der Waals surface area contributed by atoms with Crippen molar-refractivity contribution in [2.75, 3.05) is 11.9 Å². The van der Waals surface area contributed by atoms with Crippen molar-refractivity contribution in [1.29, 1.82) is 0 Å². The van der Waals surface area contributed by atoms with Crippen LogP contribution in [0.3, 0.4) is 0 Å². The molecule has 4 nitrogen and oxygen atoms in total. The van der Waals surface area contributed by atoms with Gasteiger partial charge in [0.15, 0.2) is 11.5 Å². The van der Waals surface area contributed by atoms with Crippen molar-refractivity contribution in [2.45, 2.75) is 13.5 Å². The molecule has 0 aliphatic carbocycles. The fraction of sp³-hybridized carbons (Fsp3) is 0.125. The Morgan fingerprint density at radius 3 is 2.60 bits per heavy atom. The summed E-state index contributed by atoms with van der Waals surface area (Å²) in [5.74, 6) is 0.823. The lowest BCUT2D eigenvalue weighted by Gasteiger charge is -2.15. The zero-order valence-electron chi connectivity index (χ0n) is 16.2. The van der Waals surface area contributed by atoms with Gasteiger partial charge in [-0.2, -0.15) is 0 Å². The number of fused-ring (bicyclic) bond motifs is 1. The predicted octanol–water partition coefficient (Wildman–Crippen LogP) is 5.90. The van der Waals surface area contributed by atoms with Crippen LogP contribution >= 0.6 is 22.6 Å². The first-order chi connectivity index (χ1) is 14.5. The molecule has 3 aromatic carbocycles. The number of para-hydroxylation sites is 1. The van der Waals surface area contributed by atoms with E-state index in [2.05, 4.69) is 27.9 Å². The van der Waals surface area contributed by atoms with Gasteiger partial charge in [-0.25, -0.2) is 4.39 Å². The van der Waals surface area contributed by atoms with Crippen molar-refractivity contribution >= 4 is 45.8 Å². The molecule has 0 saturated heterocycles. The highest BCUT2D eigenvalue weighted by atomic mass is 127. The Morgan fingerprint density at radius 2 is 1.83 bits per heavy atom. The molecule has 0 saturated carbocycles. The number of anilines is 1. The van der Waals surface area contributed by atoms with Crippen LogP contribution < -0.4 is 14.8 Å². The molecule has 1 N–H and O–H groups in total. The van der Waals surface area contributed by atoms with Gasteiger partial charge in [0.1, 0.15) is 12.4 Å². The Hall–Kier alpha value is -2.87. The smallest absolute Gasteiger partial charge is 0.256 e. The molecule has 0 spiro atoms. The first-order valence-corrected chi connectivity index (χ1v) is 10.6. The van der Waals surface area contributed by atoms with Gasteiger partial charge in [0, 0.05) is 16.8 Å². The Bertz CT molecular complexity index is 1130. The van der Waals surface area contributed by atoms with Gasteiger partial charge in [-0.3, -0.25) is 4.79 Å². The van der Waals surface area contributed by atoms with Crippen LogP contribution in [0.5, 0.6) is 11.5 Å². The molecule has 1 heterocycles. The van der Waals surface area contributed by atoms with Gasteiger partial charge in [-0.05, 0) is 77.0 Å². The number of carbonyl (C=O) groups excluding carboxylic acids is 1. The summed E-state index contributed by atoms with van der Waals surface area (Å²) in [6.07, 6.45) is 1.86. The van der Waals surface area contributed by atoms with Crippen molar-refractivity contribution in [1.82, 2.24) is 0 Å². The average Bonchev–Trinajstić information content (AvgIpc) is 3.04. The number of carbonyl (C=O) groups is 1. The molecule has 0 bridgehead atoms. The molecule has 0 unspecified atom stereocenters. The largest absolute Gasteiger partial charge is 0.490 e. The third-order valence-electron chi connectivity index (χ3n) is 4.65. The molecule has 4 rings (SSSR count). The molecule has 6 heteroatoms. The van der Waals surface area contributed by atoms with E-state index in [9.17, 15) is 9.18 Å². The third-order valence-corrected chi connectivity index (χ3v) is 5.45. The molecular weight excluding hydrogens is 496 g/mol. The summed E-state index contributed by atoms with van der Waals surface area (Å²) in [6.45, 7) is 2.68. The summed E-state index contributed by atoms with van der Waals surface area (Å²) in [6, 6.07) is 17.6. The monoisotopic (exact) mass is 515 g/mol. The minimum absolute atomic E-state index is 0.124. The summed E-state index contributed by atoms with van der Waals surface area (Å²) in [5.41, 5.74) is 4.02. The van der Waals surface area contributed by atoms with Crippen molar-refractivity contribution in [3.8, 4) is 11.5 Å². The second-order valence-corrected chi connectivity index (χ2v) is 7.90. The number of halogens is 2. The van der Waals surface area contributed by atoms with Crippen molar-refractivity contribution in [3.63, 3.8) is 0 Å². The van der Waals surface area contributed by atoms with E-state index in [1.807, 2.05) is 49.4 Å². The molecule has 30 heavy (non-hydrogen) atoms. The SMILES string of the molecule is CCOc1cc(/C=C2\C(=O)Nc3ccccc32)cc(I)c1OCc1ccc(F)cc1. The molecule has 0 fully saturated rings. The maximum absolute atomic E-state index is 13.1. The van der Waals surface area contributed by atoms with Crippen LogP contribution in [-0.4, -0.2) is 12.5 Å². The highest BCUT2D eigenvalue weighted by molar-refractivity contribution is 14.1. The summed E-state index contributed by atoms with van der Waals surface area (Å²) >= 11 is 2.20. The van der Waals surface area contributed by atoms with E-state index in [-0.39, 0.29) is 11.7 Å². The number of nitrogens with one attached hydrogen (secondary N) is 1. The molecule has 0 radical (unpaired) electrons.